The maximum atomic E-state index is 13.9. The van der Waals surface area contributed by atoms with E-state index in [1.165, 1.54) is 6.42 Å². The molecule has 1 atom stereocenters. The van der Waals surface area contributed by atoms with Crippen LogP contribution in [0.3, 0.4) is 0 Å². The molecule has 1 saturated carbocycles. The second-order valence-electron chi connectivity index (χ2n) is 10.3. The molecule has 0 unspecified atom stereocenters. The van der Waals surface area contributed by atoms with Crippen molar-refractivity contribution in [2.24, 2.45) is 0 Å². The lowest BCUT2D eigenvalue weighted by atomic mass is 9.94. The maximum Gasteiger partial charge on any atom is 0.261 e. The number of aryl methyl sites for hydroxylation is 1. The number of hydrogen-bond donors (Lipinski definition) is 1. The molecule has 0 aliphatic heterocycles. The highest BCUT2D eigenvalue weighted by molar-refractivity contribution is 6.36. The smallest absolute Gasteiger partial charge is 0.261 e. The first-order valence-electron chi connectivity index (χ1n) is 13.6. The topological polar surface area (TPSA) is 58.6 Å². The van der Waals surface area contributed by atoms with E-state index in [1.54, 1.807) is 23.1 Å². The van der Waals surface area contributed by atoms with Gasteiger partial charge in [-0.25, -0.2) is 0 Å². The summed E-state index contributed by atoms with van der Waals surface area (Å²) in [4.78, 5) is 29.4. The zero-order valence-electron chi connectivity index (χ0n) is 22.6. The van der Waals surface area contributed by atoms with Crippen LogP contribution in [-0.4, -0.2) is 35.4 Å². The van der Waals surface area contributed by atoms with Gasteiger partial charge in [-0.05, 0) is 61.6 Å². The van der Waals surface area contributed by atoms with Crippen LogP contribution in [0.5, 0.6) is 5.75 Å². The average molecular weight is 568 g/mol. The predicted molar refractivity (Wildman–Crippen MR) is 157 cm³/mol. The number of benzene rings is 3. The van der Waals surface area contributed by atoms with Gasteiger partial charge in [0, 0.05) is 34.6 Å². The molecule has 0 bridgehead atoms. The Morgan fingerprint density at radius 3 is 2.28 bits per heavy atom. The molecule has 4 rings (SSSR count). The molecule has 0 radical (unpaired) electrons. The highest BCUT2D eigenvalue weighted by atomic mass is 35.5. The second-order valence-corrected chi connectivity index (χ2v) is 11.1. The molecule has 1 N–H and O–H groups in total. The van der Waals surface area contributed by atoms with Gasteiger partial charge in [0.05, 0.1) is 0 Å². The lowest BCUT2D eigenvalue weighted by Gasteiger charge is -2.34. The largest absolute Gasteiger partial charge is 0.483 e. The third-order valence-electron chi connectivity index (χ3n) is 7.52. The van der Waals surface area contributed by atoms with Gasteiger partial charge in [0.2, 0.25) is 5.91 Å². The van der Waals surface area contributed by atoms with Crippen molar-refractivity contribution >= 4 is 35.0 Å². The summed E-state index contributed by atoms with van der Waals surface area (Å²) in [5, 5.41) is 4.13. The number of carbonyl (C=O) groups excluding carboxylic acids is 2. The van der Waals surface area contributed by atoms with Gasteiger partial charge in [0.25, 0.3) is 5.91 Å². The van der Waals surface area contributed by atoms with Crippen molar-refractivity contribution in [1.29, 1.82) is 0 Å². The maximum absolute atomic E-state index is 13.9. The summed E-state index contributed by atoms with van der Waals surface area (Å²) in [6, 6.07) is 20.1. The van der Waals surface area contributed by atoms with Crippen LogP contribution in [0, 0.1) is 13.8 Å². The normalized spacial score (nSPS) is 14.5. The molecule has 2 amide bonds. The van der Waals surface area contributed by atoms with E-state index in [-0.39, 0.29) is 31.0 Å². The van der Waals surface area contributed by atoms with Crippen molar-refractivity contribution in [1.82, 2.24) is 10.2 Å². The number of halogens is 2. The quantitative estimate of drug-likeness (QED) is 0.285. The van der Waals surface area contributed by atoms with E-state index in [4.69, 9.17) is 27.9 Å². The van der Waals surface area contributed by atoms with Gasteiger partial charge >= 0.3 is 0 Å². The van der Waals surface area contributed by atoms with E-state index in [2.05, 4.69) is 5.32 Å². The Balaban J connectivity index is 1.66. The van der Waals surface area contributed by atoms with E-state index in [0.29, 0.717) is 27.8 Å². The second kappa shape index (κ2) is 13.9. The summed E-state index contributed by atoms with van der Waals surface area (Å²) in [5.41, 5.74) is 3.61. The molecule has 1 aliphatic carbocycles. The standard InChI is InChI=1S/C32H36Cl2N2O3/c1-22-11-9-18-30(23(22)2)39-21-31(37)36(20-26-27(33)16-10-17-28(26)34)29(19-24-12-5-3-6-13-24)32(38)35-25-14-7-4-8-15-25/h3,5-6,9-13,16-18,25,29H,4,7-8,14-15,19-21H2,1-2H3,(H,35,38)/t29-/m0/s1. The molecule has 0 saturated heterocycles. The average Bonchev–Trinajstić information content (AvgIpc) is 2.94. The fourth-order valence-corrected chi connectivity index (χ4v) is 5.57. The molecule has 3 aromatic rings. The van der Waals surface area contributed by atoms with Crippen molar-refractivity contribution in [3.8, 4) is 5.75 Å². The number of nitrogens with one attached hydrogen (secondary N) is 1. The molecule has 1 aliphatic rings. The predicted octanol–water partition coefficient (Wildman–Crippen LogP) is 7.08. The summed E-state index contributed by atoms with van der Waals surface area (Å²) >= 11 is 13.1. The third-order valence-corrected chi connectivity index (χ3v) is 8.23. The lowest BCUT2D eigenvalue weighted by Crippen LogP contribution is -2.53. The fraction of sp³-hybridized carbons (Fsp3) is 0.375. The van der Waals surface area contributed by atoms with Crippen molar-refractivity contribution in [3.63, 3.8) is 0 Å². The number of amides is 2. The van der Waals surface area contributed by atoms with Crippen LogP contribution in [-0.2, 0) is 22.6 Å². The number of nitrogens with zero attached hydrogens (tertiary/aromatic N) is 1. The van der Waals surface area contributed by atoms with Crippen LogP contribution in [0.2, 0.25) is 10.0 Å². The number of rotatable bonds is 10. The van der Waals surface area contributed by atoms with E-state index in [0.717, 1.165) is 42.4 Å². The first-order valence-corrected chi connectivity index (χ1v) is 14.3. The van der Waals surface area contributed by atoms with Crippen LogP contribution >= 0.6 is 23.2 Å². The van der Waals surface area contributed by atoms with Gasteiger partial charge in [-0.1, -0.05) is 91.0 Å². The molecule has 1 fully saturated rings. The summed E-state index contributed by atoms with van der Waals surface area (Å²) in [7, 11) is 0. The van der Waals surface area contributed by atoms with Gasteiger partial charge in [0.15, 0.2) is 6.61 Å². The fourth-order valence-electron chi connectivity index (χ4n) is 5.05. The van der Waals surface area contributed by atoms with Crippen molar-refractivity contribution in [2.75, 3.05) is 6.61 Å². The molecule has 3 aromatic carbocycles. The minimum Gasteiger partial charge on any atom is -0.483 e. The van der Waals surface area contributed by atoms with Crippen LogP contribution in [0.1, 0.15) is 54.4 Å². The van der Waals surface area contributed by atoms with E-state index in [9.17, 15) is 9.59 Å². The van der Waals surface area contributed by atoms with Crippen LogP contribution < -0.4 is 10.1 Å². The monoisotopic (exact) mass is 566 g/mol. The van der Waals surface area contributed by atoms with E-state index >= 15 is 0 Å². The SMILES string of the molecule is Cc1cccc(OCC(=O)N(Cc2c(Cl)cccc2Cl)[C@@H](Cc2ccccc2)C(=O)NC2CCCCC2)c1C. The summed E-state index contributed by atoms with van der Waals surface area (Å²) in [6.07, 6.45) is 5.63. The Bertz CT molecular complexity index is 1260. The lowest BCUT2D eigenvalue weighted by molar-refractivity contribution is -0.143. The Kier molecular flexibility index (Phi) is 10.3. The number of ether oxygens (including phenoxy) is 1. The zero-order valence-corrected chi connectivity index (χ0v) is 24.1. The Morgan fingerprint density at radius 1 is 0.923 bits per heavy atom. The minimum atomic E-state index is -0.767. The van der Waals surface area contributed by atoms with Gasteiger partial charge in [0.1, 0.15) is 11.8 Å². The molecule has 0 heterocycles. The third kappa shape index (κ3) is 7.77. The van der Waals surface area contributed by atoms with E-state index < -0.39 is 6.04 Å². The summed E-state index contributed by atoms with van der Waals surface area (Å²) in [6.45, 7) is 3.84. The summed E-state index contributed by atoms with van der Waals surface area (Å²) in [5.74, 6) is 0.158. The molecule has 39 heavy (non-hydrogen) atoms. The Morgan fingerprint density at radius 2 is 1.59 bits per heavy atom. The van der Waals surface area contributed by atoms with Crippen LogP contribution in [0.4, 0.5) is 0 Å². The first kappa shape index (κ1) is 29.0. The molecule has 206 valence electrons. The van der Waals surface area contributed by atoms with E-state index in [1.807, 2.05) is 62.4 Å². The highest BCUT2D eigenvalue weighted by Crippen LogP contribution is 2.28. The zero-order chi connectivity index (χ0) is 27.8. The van der Waals surface area contributed by atoms with Crippen molar-refractivity contribution in [2.45, 2.75) is 71.0 Å². The number of carbonyl (C=O) groups is 2. The summed E-state index contributed by atoms with van der Waals surface area (Å²) < 4.78 is 6.00. The van der Waals surface area contributed by atoms with Gasteiger partial charge < -0.3 is 15.0 Å². The van der Waals surface area contributed by atoms with Crippen molar-refractivity contribution in [3.05, 3.63) is 99.0 Å². The molecule has 7 heteroatoms. The van der Waals surface area contributed by atoms with Crippen LogP contribution in [0.25, 0.3) is 0 Å². The van der Waals surface area contributed by atoms with Gasteiger partial charge in [-0.3, -0.25) is 9.59 Å². The van der Waals surface area contributed by atoms with Crippen molar-refractivity contribution < 1.29 is 14.3 Å². The Hall–Kier alpha value is -3.02. The highest BCUT2D eigenvalue weighted by Gasteiger charge is 2.33. The number of hydrogen-bond acceptors (Lipinski definition) is 3. The van der Waals surface area contributed by atoms with Crippen LogP contribution in [0.15, 0.2) is 66.7 Å². The first-order chi connectivity index (χ1) is 18.8. The molecule has 0 aromatic heterocycles. The molecule has 0 spiro atoms. The minimum absolute atomic E-state index is 0.0864. The molecular weight excluding hydrogens is 531 g/mol. The molecular formula is C32H36Cl2N2O3. The molecule has 5 nitrogen and oxygen atoms in total. The van der Waals surface area contributed by atoms with Gasteiger partial charge in [-0.15, -0.1) is 0 Å². The Labute approximate surface area is 241 Å². The van der Waals surface area contributed by atoms with Gasteiger partial charge in [-0.2, -0.15) is 0 Å².